The molecule has 44 heavy (non-hydrogen) atoms. The third-order valence-corrected chi connectivity index (χ3v) is 14.1. The minimum absolute atomic E-state index is 0.104. The first-order valence-corrected chi connectivity index (χ1v) is 18.5. The summed E-state index contributed by atoms with van der Waals surface area (Å²) in [6, 6.07) is 9.14. The van der Waals surface area contributed by atoms with Gasteiger partial charge in [-0.2, -0.15) is 12.6 Å². The van der Waals surface area contributed by atoms with E-state index in [1.165, 1.54) is 33.3 Å². The lowest BCUT2D eigenvalue weighted by Crippen LogP contribution is -2.49. The van der Waals surface area contributed by atoms with Crippen LogP contribution in [0.25, 0.3) is 16.7 Å². The van der Waals surface area contributed by atoms with Crippen LogP contribution in [0.5, 0.6) is 11.5 Å². The topological polar surface area (TPSA) is 15.5 Å². The van der Waals surface area contributed by atoms with Crippen molar-refractivity contribution in [1.82, 2.24) is 4.58 Å². The van der Waals surface area contributed by atoms with E-state index in [-0.39, 0.29) is 11.1 Å². The van der Waals surface area contributed by atoms with Crippen LogP contribution in [0.1, 0.15) is 76.3 Å². The molecule has 3 heterocycles. The van der Waals surface area contributed by atoms with Crippen LogP contribution in [0.15, 0.2) is 36.4 Å². The Labute approximate surface area is 303 Å². The molecular weight excluding hydrogens is 833 g/mol. The van der Waals surface area contributed by atoms with Crippen molar-refractivity contribution in [2.45, 2.75) is 66.5 Å². The summed E-state index contributed by atoms with van der Waals surface area (Å²) in [5.74, 6) is 2.36. The molecular formula is C36H37Cl2I2N2OS+. The van der Waals surface area contributed by atoms with Gasteiger partial charge in [-0.1, -0.05) is 29.3 Å². The molecule has 230 valence electrons. The number of rotatable bonds is 4. The smallest absolute Gasteiger partial charge is 0.212 e. The summed E-state index contributed by atoms with van der Waals surface area (Å²) in [6.45, 7) is 19.6. The predicted octanol–water partition coefficient (Wildman–Crippen LogP) is 9.50. The highest BCUT2D eigenvalue weighted by molar-refractivity contribution is 14.1. The molecule has 0 aromatic heterocycles. The monoisotopic (exact) mass is 869 g/mol. The molecule has 0 bridgehead atoms. The number of allylic oxidation sites excluding steroid dienone is 1. The van der Waals surface area contributed by atoms with Gasteiger partial charge in [0.15, 0.2) is 5.54 Å². The van der Waals surface area contributed by atoms with Gasteiger partial charge in [0.1, 0.15) is 18.0 Å². The minimum Gasteiger partial charge on any atom is -0.456 e. The second-order valence-corrected chi connectivity index (χ2v) is 16.1. The molecule has 3 aliphatic heterocycles. The SMILES string of the molecule is CCN1c2cc3c(cc2C(C)=CC1(C)C)C(c1c(C)c(Cl)c(Cl)c(I)c1I)=c1cc2c(cc1O3)=[N+](CC)C(C)(C)C=C2CS. The van der Waals surface area contributed by atoms with Crippen LogP contribution in [-0.4, -0.2) is 29.9 Å². The highest BCUT2D eigenvalue weighted by Crippen LogP contribution is 2.49. The first-order chi connectivity index (χ1) is 20.7. The number of benzene rings is 3. The van der Waals surface area contributed by atoms with Gasteiger partial charge in [0.05, 0.1) is 27.2 Å². The van der Waals surface area contributed by atoms with Gasteiger partial charge in [0, 0.05) is 72.5 Å². The number of hydrogen-bond acceptors (Lipinski definition) is 3. The molecule has 6 rings (SSSR count). The lowest BCUT2D eigenvalue weighted by molar-refractivity contribution is 0.399. The lowest BCUT2D eigenvalue weighted by atomic mass is 9.83. The molecule has 3 aromatic carbocycles. The highest BCUT2D eigenvalue weighted by Gasteiger charge is 2.37. The average Bonchev–Trinajstić information content (AvgIpc) is 2.96. The van der Waals surface area contributed by atoms with Gasteiger partial charge >= 0.3 is 0 Å². The molecule has 8 heteroatoms. The quantitative estimate of drug-likeness (QED) is 0.0724. The number of likely N-dealkylation sites (N-methyl/N-ethyl adjacent to an activating group) is 2. The summed E-state index contributed by atoms with van der Waals surface area (Å²) in [6.07, 6.45) is 4.74. The maximum atomic E-state index is 6.96. The minimum atomic E-state index is -0.144. The van der Waals surface area contributed by atoms with Crippen molar-refractivity contribution < 1.29 is 4.74 Å². The van der Waals surface area contributed by atoms with E-state index < -0.39 is 0 Å². The lowest BCUT2D eigenvalue weighted by Gasteiger charge is -2.43. The Morgan fingerprint density at radius 3 is 2.23 bits per heavy atom. The molecule has 0 spiro atoms. The van der Waals surface area contributed by atoms with Crippen LogP contribution in [0.4, 0.5) is 5.69 Å². The predicted molar refractivity (Wildman–Crippen MR) is 209 cm³/mol. The molecule has 0 aliphatic carbocycles. The van der Waals surface area contributed by atoms with Gasteiger partial charge in [-0.05, 0) is 122 Å². The second-order valence-electron chi connectivity index (χ2n) is 12.9. The zero-order valence-electron chi connectivity index (χ0n) is 26.3. The molecule has 0 N–H and O–H groups in total. The summed E-state index contributed by atoms with van der Waals surface area (Å²) >= 11 is 23.2. The zero-order chi connectivity index (χ0) is 32.0. The summed E-state index contributed by atoms with van der Waals surface area (Å²) in [4.78, 5) is 2.46. The molecule has 0 saturated carbocycles. The van der Waals surface area contributed by atoms with Crippen molar-refractivity contribution in [3.8, 4) is 11.5 Å². The Morgan fingerprint density at radius 1 is 0.886 bits per heavy atom. The fourth-order valence-electron chi connectivity index (χ4n) is 7.46. The number of thiol groups is 1. The average molecular weight is 870 g/mol. The molecule has 3 aliphatic rings. The maximum absolute atomic E-state index is 6.96. The summed E-state index contributed by atoms with van der Waals surface area (Å²) in [5, 5.41) is 3.42. The number of halogens is 4. The normalized spacial score (nSPS) is 17.7. The Hall–Kier alpha value is -1.20. The molecule has 0 amide bonds. The van der Waals surface area contributed by atoms with Gasteiger partial charge < -0.3 is 9.64 Å². The molecule has 0 fully saturated rings. The number of anilines is 1. The van der Waals surface area contributed by atoms with Crippen LogP contribution in [0.2, 0.25) is 10.0 Å². The van der Waals surface area contributed by atoms with Crippen LogP contribution >= 0.6 is 81.0 Å². The van der Waals surface area contributed by atoms with E-state index in [1.807, 2.05) is 0 Å². The van der Waals surface area contributed by atoms with Gasteiger partial charge in [0.2, 0.25) is 5.36 Å². The highest BCUT2D eigenvalue weighted by atomic mass is 127. The van der Waals surface area contributed by atoms with E-state index in [0.29, 0.717) is 15.8 Å². The fraction of sp³-hybridized carbons (Fsp3) is 0.361. The zero-order valence-corrected chi connectivity index (χ0v) is 33.1. The van der Waals surface area contributed by atoms with Crippen molar-refractivity contribution in [3.05, 3.63) is 92.0 Å². The molecule has 3 aromatic rings. The van der Waals surface area contributed by atoms with E-state index in [4.69, 9.17) is 40.6 Å². The van der Waals surface area contributed by atoms with Crippen molar-refractivity contribution in [3.63, 3.8) is 0 Å². The Morgan fingerprint density at radius 2 is 1.59 bits per heavy atom. The van der Waals surface area contributed by atoms with Gasteiger partial charge in [0.25, 0.3) is 0 Å². The Balaban J connectivity index is 1.82. The van der Waals surface area contributed by atoms with Crippen LogP contribution < -0.4 is 24.8 Å². The fourth-order valence-corrected chi connectivity index (χ4v) is 9.95. The largest absolute Gasteiger partial charge is 0.456 e. The van der Waals surface area contributed by atoms with Crippen molar-refractivity contribution in [1.29, 1.82) is 0 Å². The van der Waals surface area contributed by atoms with Crippen LogP contribution in [-0.2, 0) is 0 Å². The Kier molecular flexibility index (Phi) is 8.55. The third-order valence-electron chi connectivity index (χ3n) is 9.35. The van der Waals surface area contributed by atoms with Gasteiger partial charge in [-0.15, -0.1) is 0 Å². The van der Waals surface area contributed by atoms with Gasteiger partial charge in [-0.3, -0.25) is 0 Å². The molecule has 0 unspecified atom stereocenters. The first-order valence-electron chi connectivity index (χ1n) is 15.0. The first kappa shape index (κ1) is 32.7. The maximum Gasteiger partial charge on any atom is 0.212 e. The summed E-state index contributed by atoms with van der Waals surface area (Å²) in [7, 11) is 0. The molecule has 0 radical (unpaired) electrons. The van der Waals surface area contributed by atoms with E-state index in [0.717, 1.165) is 59.2 Å². The van der Waals surface area contributed by atoms with Crippen molar-refractivity contribution >= 4 is 103 Å². The number of hydrogen-bond donors (Lipinski definition) is 1. The third kappa shape index (κ3) is 4.90. The van der Waals surface area contributed by atoms with Crippen molar-refractivity contribution in [2.75, 3.05) is 23.7 Å². The second kappa shape index (κ2) is 11.5. The standard InChI is InChI=1S/C36H36Cl2I2N2OS/c1-9-41-25-13-27-23(11-21(25)18(3)15-35(41,5)6)30(29-19(4)31(37)32(38)34(40)33(29)39)24-12-22-20(17-44)16-36(7,8)42(10-2)26(22)14-28(24)43-27/h11-16H,9-10,17H2,1-8H3/p+1. The van der Waals surface area contributed by atoms with E-state index >= 15 is 0 Å². The van der Waals surface area contributed by atoms with E-state index in [1.54, 1.807) is 0 Å². The molecule has 0 atom stereocenters. The van der Waals surface area contributed by atoms with Crippen molar-refractivity contribution in [2.24, 2.45) is 0 Å². The Bertz CT molecular complexity index is 1950. The number of fused-ring (bicyclic) bond motifs is 4. The van der Waals surface area contributed by atoms with E-state index in [9.17, 15) is 0 Å². The molecule has 3 nitrogen and oxygen atoms in total. The molecule has 0 saturated heterocycles. The number of nitrogens with zero attached hydrogens (tertiary/aromatic N) is 2. The van der Waals surface area contributed by atoms with E-state index in [2.05, 4.69) is 146 Å². The summed E-state index contributed by atoms with van der Waals surface area (Å²) < 4.78 is 11.5. The summed E-state index contributed by atoms with van der Waals surface area (Å²) in [5.41, 5.74) is 10.1. The number of ether oxygens (including phenoxy) is 1. The van der Waals surface area contributed by atoms with Crippen LogP contribution in [0.3, 0.4) is 0 Å². The van der Waals surface area contributed by atoms with Crippen LogP contribution in [0, 0.1) is 14.1 Å². The van der Waals surface area contributed by atoms with Gasteiger partial charge in [-0.25, -0.2) is 4.58 Å².